The molecule has 0 radical (unpaired) electrons. The zero-order chi connectivity index (χ0) is 62.9. The van der Waals surface area contributed by atoms with Crippen molar-refractivity contribution in [1.29, 1.82) is 0 Å². The number of methoxy groups -OCH3 is 7. The summed E-state index contributed by atoms with van der Waals surface area (Å²) in [5.41, 5.74) is 0. The van der Waals surface area contributed by atoms with Crippen molar-refractivity contribution >= 4 is 62.6 Å². The maximum absolute atomic E-state index is 12.4. The lowest BCUT2D eigenvalue weighted by molar-refractivity contribution is -0.246. The first kappa shape index (κ1) is 76.7. The van der Waals surface area contributed by atoms with Gasteiger partial charge in [0, 0.05) is 69.6 Å². The first-order valence-corrected chi connectivity index (χ1v) is 35.1. The number of rotatable bonds is 35. The minimum atomic E-state index is -5.84. The van der Waals surface area contributed by atoms with E-state index in [0.717, 1.165) is 49.8 Å². The van der Waals surface area contributed by atoms with Gasteiger partial charge in [0.25, 0.3) is 0 Å². The Morgan fingerprint density at radius 3 is 0.537 bits per heavy atom. The van der Waals surface area contributed by atoms with E-state index in [-0.39, 0.29) is 12.8 Å². The fourth-order valence-corrected chi connectivity index (χ4v) is 14.0. The van der Waals surface area contributed by atoms with Gasteiger partial charge in [0.15, 0.2) is 0 Å². The molecule has 3 rings (SSSR count). The summed E-state index contributed by atoms with van der Waals surface area (Å²) in [5, 5.41) is 0. The molecule has 50 heteroatoms. The molecule has 0 bridgehead atoms. The lowest BCUT2D eigenvalue weighted by atomic mass is 9.84. The van der Waals surface area contributed by atoms with E-state index >= 15 is 0 Å². The first-order valence-electron chi connectivity index (χ1n) is 22.8. The van der Waals surface area contributed by atoms with Gasteiger partial charge in [-0.25, -0.2) is 36.5 Å². The van der Waals surface area contributed by atoms with E-state index in [4.69, 9.17) is 79.0 Å². The van der Waals surface area contributed by atoms with Gasteiger partial charge in [0.1, 0.15) is 110 Å². The molecule has 3 aliphatic rings. The van der Waals surface area contributed by atoms with Gasteiger partial charge >= 0.3 is 62.6 Å². The molecule has 488 valence electrons. The van der Waals surface area contributed by atoms with Gasteiger partial charge < -0.3 is 126 Å². The van der Waals surface area contributed by atoms with E-state index in [2.05, 4.69) is 4.52 Å². The second-order valence-corrected chi connectivity index (χ2v) is 27.2. The maximum atomic E-state index is 12.4. The zero-order valence-corrected chi connectivity index (χ0v) is 50.7. The van der Waals surface area contributed by atoms with Crippen LogP contribution in [-0.2, 0) is 120 Å². The Morgan fingerprint density at radius 1 is 0.232 bits per heavy atom. The smallest absolute Gasteiger partial charge is 0.376 e. The summed E-state index contributed by atoms with van der Waals surface area (Å²) in [6.45, 7) is -2.08. The summed E-state index contributed by atoms with van der Waals surface area (Å²) in [6, 6.07) is 0. The normalized spacial score (nSPS) is 33.6. The van der Waals surface area contributed by atoms with E-state index < -0.39 is 205 Å². The Morgan fingerprint density at radius 2 is 0.354 bits per heavy atom. The highest BCUT2D eigenvalue weighted by Crippen LogP contribution is 2.54. The fraction of sp³-hybridized carbons (Fsp3) is 1.00. The molecule has 0 saturated heterocycles. The Labute approximate surface area is 464 Å². The first-order chi connectivity index (χ1) is 37.4. The summed E-state index contributed by atoms with van der Waals surface area (Å²) < 4.78 is 193. The van der Waals surface area contributed by atoms with Crippen LogP contribution >= 0.6 is 62.6 Å². The molecular weight excluding hydrogens is 1300 g/mol. The van der Waals surface area contributed by atoms with E-state index in [1.54, 1.807) is 0 Å². The van der Waals surface area contributed by atoms with Crippen LogP contribution in [0.25, 0.3) is 0 Å². The number of ether oxygens (including phenoxy) is 10. The topological polar surface area (TPSA) is 626 Å². The minimum absolute atomic E-state index is 0.345. The summed E-state index contributed by atoms with van der Waals surface area (Å²) in [4.78, 5) is 158. The van der Waals surface area contributed by atoms with Gasteiger partial charge in [0.05, 0.1) is 0 Å². The Kier molecular flexibility index (Phi) is 29.5. The molecule has 3 saturated carbocycles. The standard InChI is InChI=1S/C32H68O42P8/c1-57-15-16(58-2)28(70-78(42,43)44)31(73-81(51,52)53)24(27(15)69-77(39,40)41)66-13-10-14(8-11-64-22-17(59-3)25(67-75(33,34)35)21(63-7)26(18(22)60-4)68-76(36,37)38)9-12-65-23-19(61-5)29(71-79(45,46)47)32(74-82(54,55)56)30(20(23)62-6)72-80(48,49)50/h14-32H,8-13H2,1-7H3,(H2,33,34,35)(H2,36,37,38)(H2,39,40,41)(H2,42,43,44)(H2,45,46,47)(H2,48,49,50)(H2,51,52,53)(H2,54,55,56)/t14?,15-,16-,17-,18+,19-,20+,21?,22?,23?,24+,25+,26-,27+,28+,29+,30-,31+,32?/m1/s1. The molecule has 0 aromatic rings. The van der Waals surface area contributed by atoms with Gasteiger partial charge in [-0.1, -0.05) is 0 Å². The molecule has 0 aliphatic heterocycles. The van der Waals surface area contributed by atoms with Crippen LogP contribution in [0.5, 0.6) is 0 Å². The van der Waals surface area contributed by atoms with Crippen LogP contribution in [0, 0.1) is 5.92 Å². The van der Waals surface area contributed by atoms with Crippen molar-refractivity contribution in [1.82, 2.24) is 0 Å². The van der Waals surface area contributed by atoms with E-state index in [9.17, 15) is 115 Å². The van der Waals surface area contributed by atoms with E-state index in [1.807, 2.05) is 0 Å². The van der Waals surface area contributed by atoms with Crippen LogP contribution in [-0.4, -0.2) is 258 Å². The summed E-state index contributed by atoms with van der Waals surface area (Å²) in [7, 11) is -39.2. The van der Waals surface area contributed by atoms with Gasteiger partial charge in [-0.3, -0.25) is 36.2 Å². The molecule has 0 heterocycles. The van der Waals surface area contributed by atoms with Crippen LogP contribution in [0.4, 0.5) is 0 Å². The van der Waals surface area contributed by atoms with Crippen LogP contribution in [0.1, 0.15) is 19.3 Å². The third-order valence-electron chi connectivity index (χ3n) is 12.3. The number of hydrogen-bond donors (Lipinski definition) is 16. The predicted octanol–water partition coefficient (Wildman–Crippen LogP) is -3.10. The SMILES string of the molecule is COC1[C@@H](OP(=O)(O)O)[C@H](OC)C(OCCC(CCOC2[C@@H](OC)[C@H](OP(=O)(O)O)C(OP(=O)(O)O)[C@H](OP(=O)(O)O)[C@H]2OC)CCO[C@H]2[C@@H](OP(=O)(O)O)[C@H](OC)[C@@H](OC)[C@H](OP(=O)(O)O)[C@H]2OP(=O)(O)O)[C@H](OC)[C@H]1OP(=O)(O)O. The van der Waals surface area contributed by atoms with Crippen LogP contribution in [0.3, 0.4) is 0 Å². The average Bonchev–Trinajstić information content (AvgIpc) is 3.28. The third-order valence-corrected chi connectivity index (χ3v) is 16.5. The molecular formula is C32H68O42P8. The van der Waals surface area contributed by atoms with Crippen molar-refractivity contribution in [3.8, 4) is 0 Å². The summed E-state index contributed by atoms with van der Waals surface area (Å²) in [5.74, 6) is -1.06. The van der Waals surface area contributed by atoms with Crippen molar-refractivity contribution in [2.45, 2.75) is 129 Å². The van der Waals surface area contributed by atoms with Crippen molar-refractivity contribution < 1.29 is 198 Å². The van der Waals surface area contributed by atoms with Crippen molar-refractivity contribution in [2.24, 2.45) is 5.92 Å². The quantitative estimate of drug-likeness (QED) is 0.0279. The molecule has 82 heavy (non-hydrogen) atoms. The third kappa shape index (κ3) is 24.4. The molecule has 3 aliphatic carbocycles. The lowest BCUT2D eigenvalue weighted by Gasteiger charge is -2.48. The van der Waals surface area contributed by atoms with E-state index in [1.165, 1.54) is 0 Å². The van der Waals surface area contributed by atoms with Gasteiger partial charge in [-0.05, 0) is 25.2 Å². The van der Waals surface area contributed by atoms with Gasteiger partial charge in [-0.2, -0.15) is 0 Å². The summed E-state index contributed by atoms with van der Waals surface area (Å²) in [6.07, 6.45) is -38.2. The van der Waals surface area contributed by atoms with Gasteiger partial charge in [-0.15, -0.1) is 0 Å². The van der Waals surface area contributed by atoms with Crippen molar-refractivity contribution in [2.75, 3.05) is 69.6 Å². The van der Waals surface area contributed by atoms with Crippen LogP contribution in [0.2, 0.25) is 0 Å². The zero-order valence-electron chi connectivity index (χ0n) is 43.6. The van der Waals surface area contributed by atoms with Crippen LogP contribution < -0.4 is 0 Å². The van der Waals surface area contributed by atoms with Gasteiger partial charge in [0.2, 0.25) is 0 Å². The second kappa shape index (κ2) is 31.5. The number of phosphoric acid groups is 8. The van der Waals surface area contributed by atoms with Crippen LogP contribution in [0.15, 0.2) is 0 Å². The fourth-order valence-electron chi connectivity index (χ4n) is 9.59. The number of phosphoric ester groups is 8. The molecule has 0 spiro atoms. The molecule has 5 unspecified atom stereocenters. The Balaban J connectivity index is 2.21. The van der Waals surface area contributed by atoms with Crippen molar-refractivity contribution in [3.63, 3.8) is 0 Å². The highest BCUT2D eigenvalue weighted by atomic mass is 31.2. The largest absolute Gasteiger partial charge is 0.470 e. The monoisotopic (exact) mass is 1370 g/mol. The molecule has 0 aromatic heterocycles. The predicted molar refractivity (Wildman–Crippen MR) is 257 cm³/mol. The van der Waals surface area contributed by atoms with Crippen molar-refractivity contribution in [3.05, 3.63) is 0 Å². The Hall–Kier alpha value is 0.480. The molecule has 0 amide bonds. The highest BCUT2D eigenvalue weighted by Gasteiger charge is 2.61. The Bertz CT molecular complexity index is 2300. The average molecular weight is 1370 g/mol. The lowest BCUT2D eigenvalue weighted by Crippen LogP contribution is -2.66. The maximum Gasteiger partial charge on any atom is 0.470 e. The molecule has 19 atom stereocenters. The summed E-state index contributed by atoms with van der Waals surface area (Å²) >= 11 is 0. The molecule has 3 fully saturated rings. The highest BCUT2D eigenvalue weighted by molar-refractivity contribution is 7.48. The molecule has 42 nitrogen and oxygen atoms in total. The second-order valence-electron chi connectivity index (χ2n) is 17.6. The molecule has 16 N–H and O–H groups in total. The number of hydrogen-bond acceptors (Lipinski definition) is 26. The molecule has 0 aromatic carbocycles. The minimum Gasteiger partial charge on any atom is -0.376 e. The van der Waals surface area contributed by atoms with E-state index in [0.29, 0.717) is 0 Å².